The van der Waals surface area contributed by atoms with E-state index in [1.54, 1.807) is 16.7 Å². The maximum absolute atomic E-state index is 13.7. The minimum atomic E-state index is -0.692. The molecule has 0 bridgehead atoms. The summed E-state index contributed by atoms with van der Waals surface area (Å²) < 4.78 is 13.7. The highest BCUT2D eigenvalue weighted by Gasteiger charge is 2.21. The molecule has 1 aliphatic rings. The molecule has 1 aromatic heterocycles. The van der Waals surface area contributed by atoms with Crippen molar-refractivity contribution in [2.45, 2.75) is 25.7 Å². The number of hydrogen-bond acceptors (Lipinski definition) is 4. The van der Waals surface area contributed by atoms with Gasteiger partial charge in [-0.15, -0.1) is 11.3 Å². The van der Waals surface area contributed by atoms with Gasteiger partial charge in [-0.05, 0) is 37.3 Å². The number of nitrogens with one attached hydrogen (secondary N) is 1. The Morgan fingerprint density at radius 3 is 2.86 bits per heavy atom. The number of non-ortho nitro benzene ring substituents is 1. The Morgan fingerprint density at radius 1 is 1.32 bits per heavy atom. The number of rotatable bonds is 3. The van der Waals surface area contributed by atoms with Crippen molar-refractivity contribution >= 4 is 28.6 Å². The number of nitrogens with zero attached hydrogens (tertiary/aromatic N) is 1. The van der Waals surface area contributed by atoms with Crippen LogP contribution in [-0.4, -0.2) is 10.8 Å². The van der Waals surface area contributed by atoms with E-state index in [4.69, 9.17) is 0 Å². The molecule has 0 saturated heterocycles. The second-order valence-electron chi connectivity index (χ2n) is 5.13. The number of hydrogen-bond donors (Lipinski definition) is 1. The van der Waals surface area contributed by atoms with Gasteiger partial charge in [-0.1, -0.05) is 0 Å². The number of thiophene rings is 1. The smallest absolute Gasteiger partial charge is 0.271 e. The third kappa shape index (κ3) is 2.71. The molecule has 1 aromatic carbocycles. The van der Waals surface area contributed by atoms with Crippen LogP contribution in [0.2, 0.25) is 0 Å². The van der Waals surface area contributed by atoms with E-state index in [9.17, 15) is 19.3 Å². The normalized spacial score (nSPS) is 13.5. The van der Waals surface area contributed by atoms with Crippen molar-refractivity contribution in [3.63, 3.8) is 0 Å². The number of aryl methyl sites for hydroxylation is 1. The quantitative estimate of drug-likeness (QED) is 0.688. The zero-order chi connectivity index (χ0) is 15.7. The zero-order valence-electron chi connectivity index (χ0n) is 11.6. The lowest BCUT2D eigenvalue weighted by Crippen LogP contribution is -2.15. The molecule has 114 valence electrons. The number of nitro groups is 1. The maximum Gasteiger partial charge on any atom is 0.271 e. The number of amides is 1. The predicted octanol–water partition coefficient (Wildman–Crippen LogP) is 3.93. The number of fused-ring (bicyclic) bond motifs is 1. The fraction of sp³-hybridized carbons (Fsp3) is 0.267. The highest BCUT2D eigenvalue weighted by atomic mass is 32.1. The summed E-state index contributed by atoms with van der Waals surface area (Å²) in [7, 11) is 0. The Hall–Kier alpha value is -2.28. The molecule has 0 radical (unpaired) electrons. The van der Waals surface area contributed by atoms with Crippen LogP contribution in [0.1, 0.15) is 33.6 Å². The van der Waals surface area contributed by atoms with E-state index in [1.165, 1.54) is 4.88 Å². The molecular weight excluding hydrogens is 307 g/mol. The monoisotopic (exact) mass is 320 g/mol. The van der Waals surface area contributed by atoms with E-state index in [0.717, 1.165) is 49.4 Å². The molecule has 0 spiro atoms. The lowest BCUT2D eigenvalue weighted by atomic mass is 9.95. The first-order valence-corrected chi connectivity index (χ1v) is 7.79. The lowest BCUT2D eigenvalue weighted by Gasteiger charge is -2.13. The molecule has 1 amide bonds. The third-order valence-electron chi connectivity index (χ3n) is 3.71. The highest BCUT2D eigenvalue weighted by Crippen LogP contribution is 2.31. The summed E-state index contributed by atoms with van der Waals surface area (Å²) in [6.45, 7) is 0. The van der Waals surface area contributed by atoms with Gasteiger partial charge >= 0.3 is 0 Å². The van der Waals surface area contributed by atoms with Gasteiger partial charge in [0, 0.05) is 22.4 Å². The molecule has 2 aromatic rings. The summed E-state index contributed by atoms with van der Waals surface area (Å²) in [5.74, 6) is -1.11. The van der Waals surface area contributed by atoms with Crippen molar-refractivity contribution in [1.29, 1.82) is 0 Å². The number of carbonyl (C=O) groups is 1. The minimum Gasteiger partial charge on any atom is -0.319 e. The lowest BCUT2D eigenvalue weighted by molar-refractivity contribution is -0.384. The predicted molar refractivity (Wildman–Crippen MR) is 82.0 cm³/mol. The van der Waals surface area contributed by atoms with Crippen molar-refractivity contribution in [3.8, 4) is 0 Å². The van der Waals surface area contributed by atoms with Gasteiger partial charge in [-0.2, -0.15) is 0 Å². The van der Waals surface area contributed by atoms with Crippen LogP contribution >= 0.6 is 11.3 Å². The van der Waals surface area contributed by atoms with Gasteiger partial charge in [0.05, 0.1) is 16.2 Å². The summed E-state index contributed by atoms with van der Waals surface area (Å²) >= 11 is 1.54. The largest absolute Gasteiger partial charge is 0.319 e. The Bertz CT molecular complexity index is 757. The van der Waals surface area contributed by atoms with Gasteiger partial charge in [0.2, 0.25) is 0 Å². The van der Waals surface area contributed by atoms with Gasteiger partial charge in [-0.25, -0.2) is 4.39 Å². The van der Waals surface area contributed by atoms with E-state index < -0.39 is 16.6 Å². The molecule has 0 unspecified atom stereocenters. The van der Waals surface area contributed by atoms with Crippen molar-refractivity contribution < 1.29 is 14.1 Å². The number of benzene rings is 1. The van der Waals surface area contributed by atoms with Crippen LogP contribution in [0.15, 0.2) is 23.6 Å². The zero-order valence-corrected chi connectivity index (χ0v) is 12.4. The molecule has 1 aliphatic carbocycles. The standard InChI is InChI=1S/C15H13FN2O3S/c16-12-6-5-9(18(20)21)7-13(12)17-15(19)11-8-22-14-4-2-1-3-10(11)14/h5-8H,1-4H2,(H,17,19). The topological polar surface area (TPSA) is 72.2 Å². The number of nitro benzene ring substituents is 1. The number of halogens is 1. The van der Waals surface area contributed by atoms with E-state index in [1.807, 2.05) is 0 Å². The average Bonchev–Trinajstić information content (AvgIpc) is 2.93. The molecular formula is C15H13FN2O3S. The molecule has 0 saturated carbocycles. The van der Waals surface area contributed by atoms with E-state index in [-0.39, 0.29) is 11.4 Å². The molecule has 0 atom stereocenters. The summed E-state index contributed by atoms with van der Waals surface area (Å²) in [6.07, 6.45) is 3.97. The van der Waals surface area contributed by atoms with Crippen molar-refractivity contribution in [2.24, 2.45) is 0 Å². The Balaban J connectivity index is 1.87. The van der Waals surface area contributed by atoms with Crippen LogP contribution in [0.5, 0.6) is 0 Å². The van der Waals surface area contributed by atoms with Crippen LogP contribution < -0.4 is 5.32 Å². The fourth-order valence-corrected chi connectivity index (χ4v) is 3.72. The van der Waals surface area contributed by atoms with Crippen LogP contribution in [0.25, 0.3) is 0 Å². The van der Waals surface area contributed by atoms with Crippen molar-refractivity contribution in [1.82, 2.24) is 0 Å². The van der Waals surface area contributed by atoms with Crippen LogP contribution in [-0.2, 0) is 12.8 Å². The molecule has 0 fully saturated rings. The Morgan fingerprint density at radius 2 is 2.09 bits per heavy atom. The van der Waals surface area contributed by atoms with Crippen LogP contribution in [0.3, 0.4) is 0 Å². The molecule has 3 rings (SSSR count). The van der Waals surface area contributed by atoms with E-state index in [0.29, 0.717) is 5.56 Å². The van der Waals surface area contributed by atoms with Gasteiger partial charge < -0.3 is 5.32 Å². The second kappa shape index (κ2) is 5.84. The number of anilines is 1. The molecule has 1 N–H and O–H groups in total. The molecule has 7 heteroatoms. The molecule has 0 aliphatic heterocycles. The van der Waals surface area contributed by atoms with E-state index in [2.05, 4.69) is 5.32 Å². The Kier molecular flexibility index (Phi) is 3.89. The van der Waals surface area contributed by atoms with Gasteiger partial charge in [-0.3, -0.25) is 14.9 Å². The van der Waals surface area contributed by atoms with Crippen LogP contribution in [0, 0.1) is 15.9 Å². The molecule has 22 heavy (non-hydrogen) atoms. The maximum atomic E-state index is 13.7. The molecule has 1 heterocycles. The number of carbonyl (C=O) groups excluding carboxylic acids is 1. The summed E-state index contributed by atoms with van der Waals surface area (Å²) in [5, 5.41) is 15.0. The summed E-state index contributed by atoms with van der Waals surface area (Å²) in [5.41, 5.74) is 1.14. The van der Waals surface area contributed by atoms with Crippen LogP contribution in [0.4, 0.5) is 15.8 Å². The minimum absolute atomic E-state index is 0.171. The van der Waals surface area contributed by atoms with Crippen molar-refractivity contribution in [3.05, 3.63) is 55.5 Å². The Labute approximate surface area is 129 Å². The highest BCUT2D eigenvalue weighted by molar-refractivity contribution is 7.10. The average molecular weight is 320 g/mol. The first kappa shape index (κ1) is 14.6. The van der Waals surface area contributed by atoms with Gasteiger partial charge in [0.1, 0.15) is 5.82 Å². The first-order valence-electron chi connectivity index (χ1n) is 6.91. The third-order valence-corrected chi connectivity index (χ3v) is 4.80. The van der Waals surface area contributed by atoms with Gasteiger partial charge in [0.25, 0.3) is 11.6 Å². The van der Waals surface area contributed by atoms with Crippen molar-refractivity contribution in [2.75, 3.05) is 5.32 Å². The second-order valence-corrected chi connectivity index (χ2v) is 6.10. The molecule has 5 nitrogen and oxygen atoms in total. The summed E-state index contributed by atoms with van der Waals surface area (Å²) in [4.78, 5) is 23.7. The van der Waals surface area contributed by atoms with E-state index >= 15 is 0 Å². The first-order chi connectivity index (χ1) is 10.6. The van der Waals surface area contributed by atoms with Gasteiger partial charge in [0.15, 0.2) is 0 Å². The summed E-state index contributed by atoms with van der Waals surface area (Å²) in [6, 6.07) is 3.08. The SMILES string of the molecule is O=C(Nc1cc([N+](=O)[O-])ccc1F)c1csc2c1CCCC2. The fourth-order valence-electron chi connectivity index (χ4n) is 2.60.